The average molecular weight is 296 g/mol. The molecule has 0 amide bonds. The van der Waals surface area contributed by atoms with E-state index >= 15 is 0 Å². The number of fused-ring (bicyclic) bond motifs is 1. The van der Waals surface area contributed by atoms with Crippen molar-refractivity contribution in [1.29, 1.82) is 0 Å². The molecule has 0 aromatic carbocycles. The summed E-state index contributed by atoms with van der Waals surface area (Å²) in [4.78, 5) is 18.2. The van der Waals surface area contributed by atoms with Crippen molar-refractivity contribution < 1.29 is 20.1 Å². The van der Waals surface area contributed by atoms with Crippen LogP contribution in [0.5, 0.6) is 0 Å². The van der Waals surface area contributed by atoms with E-state index in [2.05, 4.69) is 9.97 Å². The van der Waals surface area contributed by atoms with Gasteiger partial charge in [0.1, 0.15) is 17.8 Å². The molecule has 2 aromatic rings. The highest BCUT2D eigenvalue weighted by molar-refractivity contribution is 5.76. The molecule has 3 heterocycles. The van der Waals surface area contributed by atoms with Crippen LogP contribution in [0.15, 0.2) is 17.1 Å². The predicted molar refractivity (Wildman–Crippen MR) is 72.4 cm³/mol. The lowest BCUT2D eigenvalue weighted by atomic mass is 9.96. The molecule has 0 aliphatic carbocycles. The monoisotopic (exact) mass is 296 g/mol. The molecule has 1 fully saturated rings. The van der Waals surface area contributed by atoms with Gasteiger partial charge in [0.05, 0.1) is 12.0 Å². The molecule has 114 valence electrons. The van der Waals surface area contributed by atoms with E-state index < -0.39 is 36.2 Å². The molecule has 2 aromatic heterocycles. The molecule has 0 saturated carbocycles. The summed E-state index contributed by atoms with van der Waals surface area (Å²) in [5, 5.41) is 29.9. The second kappa shape index (κ2) is 4.53. The molecule has 3 rings (SSSR count). The zero-order chi connectivity index (χ0) is 15.4. The van der Waals surface area contributed by atoms with Crippen LogP contribution >= 0.6 is 0 Å². The van der Waals surface area contributed by atoms with Gasteiger partial charge in [0.2, 0.25) is 5.95 Å². The maximum atomic E-state index is 11.8. The van der Waals surface area contributed by atoms with E-state index in [1.54, 1.807) is 0 Å². The molecule has 1 aliphatic rings. The molecule has 21 heavy (non-hydrogen) atoms. The Hall–Kier alpha value is -1.94. The van der Waals surface area contributed by atoms with E-state index in [0.29, 0.717) is 0 Å². The van der Waals surface area contributed by atoms with E-state index in [1.165, 1.54) is 23.8 Å². The number of nitrogens with one attached hydrogen (secondary N) is 1. The molecule has 9 heteroatoms. The smallest absolute Gasteiger partial charge is 0.261 e. The van der Waals surface area contributed by atoms with Gasteiger partial charge in [-0.15, -0.1) is 0 Å². The topological polar surface area (TPSA) is 147 Å². The molecule has 1 aliphatic heterocycles. The van der Waals surface area contributed by atoms with Gasteiger partial charge in [-0.05, 0) is 13.0 Å². The number of nitrogen functional groups attached to an aromatic ring is 1. The second-order valence-electron chi connectivity index (χ2n) is 5.29. The maximum absolute atomic E-state index is 11.8. The summed E-state index contributed by atoms with van der Waals surface area (Å²) in [6, 6.07) is 1.51. The Kier molecular flexibility index (Phi) is 3.02. The highest BCUT2D eigenvalue weighted by Gasteiger charge is 2.53. The SMILES string of the molecule is C[C@]1(O)[C@H](O)[C@@H](CO)O[C@H]1n1ccc2c(=O)[nH]c(N)nc21. The van der Waals surface area contributed by atoms with Gasteiger partial charge in [-0.1, -0.05) is 0 Å². The lowest BCUT2D eigenvalue weighted by Gasteiger charge is -2.27. The van der Waals surface area contributed by atoms with Crippen LogP contribution in [-0.2, 0) is 4.74 Å². The van der Waals surface area contributed by atoms with Crippen LogP contribution in [0.4, 0.5) is 5.95 Å². The molecule has 6 N–H and O–H groups in total. The third kappa shape index (κ3) is 1.94. The quantitative estimate of drug-likeness (QED) is 0.444. The highest BCUT2D eigenvalue weighted by Crippen LogP contribution is 2.39. The van der Waals surface area contributed by atoms with Crippen LogP contribution in [0.25, 0.3) is 11.0 Å². The van der Waals surface area contributed by atoms with Gasteiger partial charge in [-0.2, -0.15) is 4.98 Å². The van der Waals surface area contributed by atoms with Crippen molar-refractivity contribution in [3.63, 3.8) is 0 Å². The second-order valence-corrected chi connectivity index (χ2v) is 5.29. The minimum Gasteiger partial charge on any atom is -0.394 e. The molecule has 0 radical (unpaired) electrons. The number of nitrogens with two attached hydrogens (primary N) is 1. The van der Waals surface area contributed by atoms with Gasteiger partial charge in [-0.3, -0.25) is 9.78 Å². The normalized spacial score (nSPS) is 32.9. The molecular formula is C12H16N4O5. The molecule has 0 unspecified atom stereocenters. The summed E-state index contributed by atoms with van der Waals surface area (Å²) in [5.41, 5.74) is 3.69. The standard InChI is InChI=1S/C12H16N4O5/c1-12(20)7(18)6(4-17)21-10(12)16-3-2-5-8(16)14-11(13)15-9(5)19/h2-3,6-7,10,17-18,20H,4H2,1H3,(H3,13,14,15,19)/t6-,7-,10-,12+/m1/s1. The minimum absolute atomic E-state index is 0.0654. The summed E-state index contributed by atoms with van der Waals surface area (Å²) < 4.78 is 6.91. The number of aliphatic hydroxyl groups excluding tert-OH is 2. The third-order valence-corrected chi connectivity index (χ3v) is 3.79. The van der Waals surface area contributed by atoms with Gasteiger partial charge >= 0.3 is 0 Å². The summed E-state index contributed by atoms with van der Waals surface area (Å²) in [6.45, 7) is 0.948. The Morgan fingerprint density at radius 1 is 1.62 bits per heavy atom. The first-order valence-electron chi connectivity index (χ1n) is 6.39. The molecule has 0 bridgehead atoms. The lowest BCUT2D eigenvalue weighted by Crippen LogP contribution is -2.44. The number of hydrogen-bond acceptors (Lipinski definition) is 7. The Morgan fingerprint density at radius 2 is 2.33 bits per heavy atom. The fourth-order valence-corrected chi connectivity index (χ4v) is 2.64. The first-order chi connectivity index (χ1) is 9.86. The molecule has 4 atom stereocenters. The zero-order valence-corrected chi connectivity index (χ0v) is 11.2. The number of ether oxygens (including phenoxy) is 1. The number of anilines is 1. The van der Waals surface area contributed by atoms with Crippen LogP contribution in [0.1, 0.15) is 13.2 Å². The van der Waals surface area contributed by atoms with Crippen LogP contribution in [0.2, 0.25) is 0 Å². The fraction of sp³-hybridized carbons (Fsp3) is 0.500. The number of rotatable bonds is 2. The summed E-state index contributed by atoms with van der Waals surface area (Å²) in [5.74, 6) is -0.0654. The predicted octanol–water partition coefficient (Wildman–Crippen LogP) is -1.69. The Labute approximate surface area is 118 Å². The number of nitrogens with zero attached hydrogens (tertiary/aromatic N) is 2. The van der Waals surface area contributed by atoms with Crippen molar-refractivity contribution in [3.8, 4) is 0 Å². The summed E-state index contributed by atoms with van der Waals surface area (Å²) in [6.07, 6.45) is -1.69. The number of aromatic amines is 1. The van der Waals surface area contributed by atoms with Crippen molar-refractivity contribution in [2.45, 2.75) is 31.0 Å². The zero-order valence-electron chi connectivity index (χ0n) is 11.2. The highest BCUT2D eigenvalue weighted by atomic mass is 16.6. The van der Waals surface area contributed by atoms with Gasteiger partial charge in [0.25, 0.3) is 5.56 Å². The number of aromatic nitrogens is 3. The summed E-state index contributed by atoms with van der Waals surface area (Å²) in [7, 11) is 0. The average Bonchev–Trinajstić information content (AvgIpc) is 2.91. The van der Waals surface area contributed by atoms with Gasteiger partial charge < -0.3 is 30.4 Å². The molecule has 9 nitrogen and oxygen atoms in total. The van der Waals surface area contributed by atoms with Crippen molar-refractivity contribution in [3.05, 3.63) is 22.6 Å². The minimum atomic E-state index is -1.65. The van der Waals surface area contributed by atoms with E-state index in [1.807, 2.05) is 0 Å². The van der Waals surface area contributed by atoms with Crippen molar-refractivity contribution in [2.24, 2.45) is 0 Å². The van der Waals surface area contributed by atoms with Crippen molar-refractivity contribution in [1.82, 2.24) is 14.5 Å². The first-order valence-corrected chi connectivity index (χ1v) is 6.39. The van der Waals surface area contributed by atoms with E-state index in [-0.39, 0.29) is 17.0 Å². The van der Waals surface area contributed by atoms with Crippen LogP contribution < -0.4 is 11.3 Å². The largest absolute Gasteiger partial charge is 0.394 e. The fourth-order valence-electron chi connectivity index (χ4n) is 2.64. The van der Waals surface area contributed by atoms with Crippen molar-refractivity contribution >= 4 is 17.0 Å². The van der Waals surface area contributed by atoms with Crippen LogP contribution in [-0.4, -0.2) is 54.3 Å². The van der Waals surface area contributed by atoms with Gasteiger partial charge in [0.15, 0.2) is 11.9 Å². The third-order valence-electron chi connectivity index (χ3n) is 3.79. The first kappa shape index (κ1) is 14.0. The number of aliphatic hydroxyl groups is 3. The van der Waals surface area contributed by atoms with Gasteiger partial charge in [-0.25, -0.2) is 0 Å². The Balaban J connectivity index is 2.15. The van der Waals surface area contributed by atoms with Gasteiger partial charge in [0, 0.05) is 6.20 Å². The summed E-state index contributed by atoms with van der Waals surface area (Å²) >= 11 is 0. The van der Waals surface area contributed by atoms with Crippen LogP contribution in [0, 0.1) is 0 Å². The molecule has 0 spiro atoms. The van der Waals surface area contributed by atoms with E-state index in [4.69, 9.17) is 10.5 Å². The molecule has 1 saturated heterocycles. The Bertz CT molecular complexity index is 737. The van der Waals surface area contributed by atoms with E-state index in [9.17, 15) is 20.1 Å². The van der Waals surface area contributed by atoms with Crippen molar-refractivity contribution in [2.75, 3.05) is 12.3 Å². The molecular weight excluding hydrogens is 280 g/mol. The maximum Gasteiger partial charge on any atom is 0.261 e. The lowest BCUT2D eigenvalue weighted by molar-refractivity contribution is -0.0948. The number of H-pyrrole nitrogens is 1. The van der Waals surface area contributed by atoms with E-state index in [0.717, 1.165) is 0 Å². The number of hydrogen-bond donors (Lipinski definition) is 5. The Morgan fingerprint density at radius 3 is 2.95 bits per heavy atom. The van der Waals surface area contributed by atoms with Crippen LogP contribution in [0.3, 0.4) is 0 Å².